The average molecular weight is 682 g/mol. The summed E-state index contributed by atoms with van der Waals surface area (Å²) in [6.07, 6.45) is 5.55. The summed E-state index contributed by atoms with van der Waals surface area (Å²) in [4.78, 5) is 66.8. The highest BCUT2D eigenvalue weighted by Gasteiger charge is 2.39. The Hall–Kier alpha value is -4.15. The molecule has 3 aromatic rings. The van der Waals surface area contributed by atoms with Gasteiger partial charge >= 0.3 is 5.97 Å². The minimum Gasteiger partial charge on any atom is -0.481 e. The third-order valence-corrected chi connectivity index (χ3v) is 9.70. The number of fused-ring (bicyclic) bond motifs is 1. The number of hydrogen-bond acceptors (Lipinski definition) is 5. The monoisotopic (exact) mass is 680 g/mol. The summed E-state index contributed by atoms with van der Waals surface area (Å²) in [7, 11) is 0. The maximum atomic E-state index is 13.8. The van der Waals surface area contributed by atoms with Crippen molar-refractivity contribution in [1.29, 1.82) is 0 Å². The van der Waals surface area contributed by atoms with Crippen molar-refractivity contribution in [2.75, 3.05) is 18.4 Å². The Morgan fingerprint density at radius 1 is 0.830 bits per heavy atom. The van der Waals surface area contributed by atoms with E-state index in [-0.39, 0.29) is 39.8 Å². The zero-order valence-electron chi connectivity index (χ0n) is 25.9. The molecule has 1 saturated heterocycles. The van der Waals surface area contributed by atoms with Gasteiger partial charge in [0.15, 0.2) is 0 Å². The van der Waals surface area contributed by atoms with Gasteiger partial charge in [0.1, 0.15) is 12.1 Å². The Morgan fingerprint density at radius 3 is 2.17 bits per heavy atom. The first-order valence-corrected chi connectivity index (χ1v) is 16.6. The van der Waals surface area contributed by atoms with Crippen LogP contribution in [0.4, 0.5) is 5.69 Å². The summed E-state index contributed by atoms with van der Waals surface area (Å²) in [6, 6.07) is 14.7. The van der Waals surface area contributed by atoms with Crippen LogP contribution >= 0.6 is 23.2 Å². The third-order valence-electron chi connectivity index (χ3n) is 9.27. The van der Waals surface area contributed by atoms with Gasteiger partial charge in [0.2, 0.25) is 17.7 Å². The number of amides is 4. The quantitative estimate of drug-likeness (QED) is 0.201. The van der Waals surface area contributed by atoms with Crippen LogP contribution in [0, 0.1) is 5.41 Å². The fourth-order valence-corrected chi connectivity index (χ4v) is 7.24. The molecule has 0 aromatic heterocycles. The number of anilines is 1. The molecule has 3 aromatic carbocycles. The minimum absolute atomic E-state index is 0.0723. The van der Waals surface area contributed by atoms with Gasteiger partial charge in [-0.3, -0.25) is 24.0 Å². The summed E-state index contributed by atoms with van der Waals surface area (Å²) in [6.45, 7) is 1.13. The number of likely N-dealkylation sites (tertiary alicyclic amines) is 1. The molecule has 0 radical (unpaired) electrons. The van der Waals surface area contributed by atoms with Gasteiger partial charge in [-0.25, -0.2) is 0 Å². The SMILES string of the molecule is O=C(O)C[C@H](NC(=O)CCC(NC(=O)c1cc(Cl)cc(Cl)c1)C(=O)N1CCC2(CCCC2)CC1)C(=O)Nc1cccc2ccccc12. The second kappa shape index (κ2) is 15.2. The highest BCUT2D eigenvalue weighted by Crippen LogP contribution is 2.46. The summed E-state index contributed by atoms with van der Waals surface area (Å²) in [5.41, 5.74) is 0.923. The molecule has 1 spiro atoms. The maximum Gasteiger partial charge on any atom is 0.305 e. The van der Waals surface area contributed by atoms with Gasteiger partial charge in [-0.15, -0.1) is 0 Å². The average Bonchev–Trinajstić information content (AvgIpc) is 3.49. The number of carboxylic acid groups (broad SMARTS) is 1. The molecule has 2 aliphatic rings. The van der Waals surface area contributed by atoms with Crippen LogP contribution < -0.4 is 16.0 Å². The highest BCUT2D eigenvalue weighted by molar-refractivity contribution is 6.35. The van der Waals surface area contributed by atoms with Crippen molar-refractivity contribution in [2.45, 2.75) is 69.9 Å². The molecule has 10 nitrogen and oxygen atoms in total. The Labute approximate surface area is 283 Å². The molecule has 47 heavy (non-hydrogen) atoms. The summed E-state index contributed by atoms with van der Waals surface area (Å²) >= 11 is 12.2. The minimum atomic E-state index is -1.37. The van der Waals surface area contributed by atoms with Crippen LogP contribution in [0.2, 0.25) is 10.0 Å². The van der Waals surface area contributed by atoms with E-state index in [1.54, 1.807) is 17.0 Å². The first-order valence-electron chi connectivity index (χ1n) is 15.9. The van der Waals surface area contributed by atoms with Crippen molar-refractivity contribution >= 4 is 69.3 Å². The number of benzene rings is 3. The molecule has 1 unspecified atom stereocenters. The molecule has 1 saturated carbocycles. The van der Waals surface area contributed by atoms with Crippen LogP contribution in [0.25, 0.3) is 10.8 Å². The van der Waals surface area contributed by atoms with Crippen LogP contribution in [-0.4, -0.2) is 64.8 Å². The van der Waals surface area contributed by atoms with E-state index in [2.05, 4.69) is 16.0 Å². The molecular weight excluding hydrogens is 643 g/mol. The first kappa shape index (κ1) is 34.2. The lowest BCUT2D eigenvalue weighted by atomic mass is 9.77. The standard InChI is InChI=1S/C35H38Cl2N4O6/c36-24-18-23(19-25(37)20-24)32(45)40-28(34(47)41-16-14-35(15-17-41)12-3-4-13-35)10-11-30(42)38-29(21-31(43)44)33(46)39-27-9-5-7-22-6-1-2-8-26(22)27/h1-2,5-9,18-20,28-29H,3-4,10-17,21H2,(H,38,42)(H,39,46)(H,40,45)(H,43,44)/t28?,29-/m0/s1. The number of carboxylic acids is 1. The van der Waals surface area contributed by atoms with Gasteiger partial charge in [0, 0.05) is 46.2 Å². The Balaban J connectivity index is 1.27. The topological polar surface area (TPSA) is 145 Å². The van der Waals surface area contributed by atoms with E-state index in [0.29, 0.717) is 18.8 Å². The number of piperidine rings is 1. The number of rotatable bonds is 11. The Morgan fingerprint density at radius 2 is 1.49 bits per heavy atom. The molecule has 4 N–H and O–H groups in total. The molecule has 2 fully saturated rings. The second-order valence-electron chi connectivity index (χ2n) is 12.5. The molecular formula is C35H38Cl2N4O6. The fraction of sp³-hybridized carbons (Fsp3) is 0.400. The second-order valence-corrected chi connectivity index (χ2v) is 13.4. The van der Waals surface area contributed by atoms with E-state index in [1.807, 2.05) is 30.3 Å². The van der Waals surface area contributed by atoms with E-state index >= 15 is 0 Å². The van der Waals surface area contributed by atoms with Crippen molar-refractivity contribution in [3.63, 3.8) is 0 Å². The van der Waals surface area contributed by atoms with Crippen molar-refractivity contribution in [3.05, 3.63) is 76.3 Å². The number of carbonyl (C=O) groups excluding carboxylic acids is 4. The van der Waals surface area contributed by atoms with Gasteiger partial charge in [-0.1, -0.05) is 72.4 Å². The van der Waals surface area contributed by atoms with Crippen molar-refractivity contribution in [1.82, 2.24) is 15.5 Å². The van der Waals surface area contributed by atoms with E-state index in [9.17, 15) is 29.1 Å². The highest BCUT2D eigenvalue weighted by atomic mass is 35.5. The Bertz CT molecular complexity index is 1640. The fourth-order valence-electron chi connectivity index (χ4n) is 6.71. The van der Waals surface area contributed by atoms with Crippen molar-refractivity contribution in [2.24, 2.45) is 5.41 Å². The largest absolute Gasteiger partial charge is 0.481 e. The zero-order chi connectivity index (χ0) is 33.6. The number of hydrogen-bond donors (Lipinski definition) is 4. The van der Waals surface area contributed by atoms with Crippen LogP contribution in [0.15, 0.2) is 60.7 Å². The van der Waals surface area contributed by atoms with Crippen molar-refractivity contribution in [3.8, 4) is 0 Å². The summed E-state index contributed by atoms with van der Waals surface area (Å²) in [5.74, 6) is -3.47. The molecule has 2 atom stereocenters. The van der Waals surface area contributed by atoms with E-state index in [0.717, 1.165) is 36.5 Å². The van der Waals surface area contributed by atoms with Crippen LogP contribution in [0.1, 0.15) is 68.1 Å². The molecule has 5 rings (SSSR count). The van der Waals surface area contributed by atoms with Gasteiger partial charge in [-0.2, -0.15) is 0 Å². The van der Waals surface area contributed by atoms with Gasteiger partial charge in [-0.05, 0) is 67.2 Å². The van der Waals surface area contributed by atoms with Crippen LogP contribution in [0.5, 0.6) is 0 Å². The van der Waals surface area contributed by atoms with Gasteiger partial charge < -0.3 is 26.0 Å². The normalized spacial score (nSPS) is 16.8. The number of carbonyl (C=O) groups is 5. The van der Waals surface area contributed by atoms with E-state index in [4.69, 9.17) is 23.2 Å². The molecule has 248 valence electrons. The van der Waals surface area contributed by atoms with Gasteiger partial charge in [0.05, 0.1) is 6.42 Å². The van der Waals surface area contributed by atoms with Gasteiger partial charge in [0.25, 0.3) is 5.91 Å². The third kappa shape index (κ3) is 8.81. The van der Waals surface area contributed by atoms with Crippen molar-refractivity contribution < 1.29 is 29.1 Å². The number of halogens is 2. The number of nitrogens with one attached hydrogen (secondary N) is 3. The van der Waals surface area contributed by atoms with Crippen LogP contribution in [-0.2, 0) is 19.2 Å². The first-order chi connectivity index (χ1) is 22.5. The lowest BCUT2D eigenvalue weighted by Crippen LogP contribution is -2.52. The lowest BCUT2D eigenvalue weighted by molar-refractivity contribution is -0.139. The Kier molecular flexibility index (Phi) is 11.0. The van der Waals surface area contributed by atoms with E-state index < -0.39 is 42.2 Å². The lowest BCUT2D eigenvalue weighted by Gasteiger charge is -2.40. The maximum absolute atomic E-state index is 13.8. The van der Waals surface area contributed by atoms with E-state index in [1.165, 1.54) is 31.0 Å². The number of aliphatic carboxylic acids is 1. The summed E-state index contributed by atoms with van der Waals surface area (Å²) < 4.78 is 0. The smallest absolute Gasteiger partial charge is 0.305 e. The molecule has 1 aliphatic heterocycles. The predicted molar refractivity (Wildman–Crippen MR) is 180 cm³/mol. The molecule has 1 heterocycles. The molecule has 1 aliphatic carbocycles. The molecule has 0 bridgehead atoms. The zero-order valence-corrected chi connectivity index (χ0v) is 27.4. The van der Waals surface area contributed by atoms with Crippen LogP contribution in [0.3, 0.4) is 0 Å². The summed E-state index contributed by atoms with van der Waals surface area (Å²) in [5, 5.41) is 19.7. The molecule has 12 heteroatoms. The predicted octanol–water partition coefficient (Wildman–Crippen LogP) is 5.81. The number of nitrogens with zero attached hydrogens (tertiary/aromatic N) is 1. The molecule has 4 amide bonds.